The summed E-state index contributed by atoms with van der Waals surface area (Å²) in [6.07, 6.45) is 0.397. The van der Waals surface area contributed by atoms with Crippen LogP contribution in [0.15, 0.2) is 24.3 Å². The van der Waals surface area contributed by atoms with Gasteiger partial charge in [0.15, 0.2) is 0 Å². The van der Waals surface area contributed by atoms with Crippen LogP contribution >= 0.6 is 0 Å². The summed E-state index contributed by atoms with van der Waals surface area (Å²) < 4.78 is 5.60. The van der Waals surface area contributed by atoms with Crippen LogP contribution in [-0.2, 0) is 4.79 Å². The summed E-state index contributed by atoms with van der Waals surface area (Å²) in [7, 11) is 0. The standard InChI is InChI=1S/C14H22N2O2/c1-10(2)11-5-4-6-12(9-11)18-8-7-14(3,16)13(15)17/h4-6,9-10H,7-8,16H2,1-3H3,(H2,15,17). The van der Waals surface area contributed by atoms with Crippen molar-refractivity contribution < 1.29 is 9.53 Å². The number of carbonyl (C=O) groups is 1. The zero-order valence-electron chi connectivity index (χ0n) is 11.3. The maximum atomic E-state index is 11.0. The molecule has 0 fully saturated rings. The summed E-state index contributed by atoms with van der Waals surface area (Å²) in [5.41, 5.74) is 11.1. The smallest absolute Gasteiger partial charge is 0.237 e. The van der Waals surface area contributed by atoms with Gasteiger partial charge in [-0.1, -0.05) is 26.0 Å². The third kappa shape index (κ3) is 4.04. The molecule has 0 bridgehead atoms. The maximum Gasteiger partial charge on any atom is 0.237 e. The number of hydrogen-bond acceptors (Lipinski definition) is 3. The average Bonchev–Trinajstić information content (AvgIpc) is 2.29. The van der Waals surface area contributed by atoms with Crippen molar-refractivity contribution in [2.45, 2.75) is 38.6 Å². The van der Waals surface area contributed by atoms with Gasteiger partial charge in [-0.15, -0.1) is 0 Å². The van der Waals surface area contributed by atoms with Gasteiger partial charge in [0.2, 0.25) is 5.91 Å². The van der Waals surface area contributed by atoms with Crippen LogP contribution in [0.1, 0.15) is 38.7 Å². The first kappa shape index (κ1) is 14.5. The summed E-state index contributed by atoms with van der Waals surface area (Å²) in [5.74, 6) is 0.738. The second kappa shape index (κ2) is 5.87. The van der Waals surface area contributed by atoms with Crippen molar-refractivity contribution in [3.8, 4) is 5.75 Å². The maximum absolute atomic E-state index is 11.0. The lowest BCUT2D eigenvalue weighted by molar-refractivity contribution is -0.123. The Labute approximate surface area is 108 Å². The van der Waals surface area contributed by atoms with Gasteiger partial charge in [-0.05, 0) is 30.5 Å². The topological polar surface area (TPSA) is 78.3 Å². The monoisotopic (exact) mass is 250 g/mol. The number of hydrogen-bond donors (Lipinski definition) is 2. The molecule has 0 aliphatic heterocycles. The van der Waals surface area contributed by atoms with Gasteiger partial charge in [-0.25, -0.2) is 0 Å². The molecule has 0 radical (unpaired) electrons. The second-order valence-corrected chi connectivity index (χ2v) is 5.11. The highest BCUT2D eigenvalue weighted by molar-refractivity contribution is 5.83. The molecular weight excluding hydrogens is 228 g/mol. The van der Waals surface area contributed by atoms with Crippen LogP contribution in [0.25, 0.3) is 0 Å². The molecule has 100 valence electrons. The third-order valence-corrected chi connectivity index (χ3v) is 2.98. The van der Waals surface area contributed by atoms with Gasteiger partial charge < -0.3 is 16.2 Å². The Morgan fingerprint density at radius 2 is 2.11 bits per heavy atom. The van der Waals surface area contributed by atoms with Gasteiger partial charge in [0.05, 0.1) is 12.1 Å². The first-order valence-corrected chi connectivity index (χ1v) is 6.14. The fourth-order valence-corrected chi connectivity index (χ4v) is 1.47. The summed E-state index contributed by atoms with van der Waals surface area (Å²) >= 11 is 0. The highest BCUT2D eigenvalue weighted by Crippen LogP contribution is 2.20. The van der Waals surface area contributed by atoms with E-state index in [0.29, 0.717) is 18.9 Å². The highest BCUT2D eigenvalue weighted by Gasteiger charge is 2.25. The van der Waals surface area contributed by atoms with E-state index in [1.807, 2.05) is 18.2 Å². The van der Waals surface area contributed by atoms with Crippen molar-refractivity contribution in [2.24, 2.45) is 11.5 Å². The minimum Gasteiger partial charge on any atom is -0.494 e. The Morgan fingerprint density at radius 1 is 1.44 bits per heavy atom. The van der Waals surface area contributed by atoms with E-state index >= 15 is 0 Å². The number of carbonyl (C=O) groups excluding carboxylic acids is 1. The lowest BCUT2D eigenvalue weighted by Gasteiger charge is -2.20. The first-order chi connectivity index (χ1) is 8.33. The van der Waals surface area contributed by atoms with E-state index in [9.17, 15) is 4.79 Å². The molecule has 0 saturated carbocycles. The summed E-state index contributed by atoms with van der Waals surface area (Å²) in [4.78, 5) is 11.0. The van der Waals surface area contributed by atoms with Crippen LogP contribution in [0.2, 0.25) is 0 Å². The molecule has 0 aliphatic rings. The van der Waals surface area contributed by atoms with E-state index in [2.05, 4.69) is 19.9 Å². The largest absolute Gasteiger partial charge is 0.494 e. The Bertz CT molecular complexity index is 414. The fourth-order valence-electron chi connectivity index (χ4n) is 1.47. The molecule has 1 aromatic carbocycles. The molecule has 1 aromatic rings. The fraction of sp³-hybridized carbons (Fsp3) is 0.500. The number of nitrogens with two attached hydrogens (primary N) is 2. The van der Waals surface area contributed by atoms with Crippen molar-refractivity contribution in [1.29, 1.82) is 0 Å². The molecule has 0 saturated heterocycles. The van der Waals surface area contributed by atoms with E-state index in [1.54, 1.807) is 6.92 Å². The highest BCUT2D eigenvalue weighted by atomic mass is 16.5. The van der Waals surface area contributed by atoms with Gasteiger partial charge in [-0.3, -0.25) is 4.79 Å². The first-order valence-electron chi connectivity index (χ1n) is 6.14. The van der Waals surface area contributed by atoms with E-state index in [1.165, 1.54) is 5.56 Å². The number of primary amides is 1. The predicted molar refractivity (Wildman–Crippen MR) is 72.4 cm³/mol. The third-order valence-electron chi connectivity index (χ3n) is 2.98. The SMILES string of the molecule is CC(C)c1cccc(OCCC(C)(N)C(N)=O)c1. The van der Waals surface area contributed by atoms with E-state index in [4.69, 9.17) is 16.2 Å². The van der Waals surface area contributed by atoms with E-state index in [0.717, 1.165) is 5.75 Å². The van der Waals surface area contributed by atoms with Crippen LogP contribution < -0.4 is 16.2 Å². The van der Waals surface area contributed by atoms with Gasteiger partial charge in [-0.2, -0.15) is 0 Å². The number of benzene rings is 1. The van der Waals surface area contributed by atoms with Gasteiger partial charge in [0.1, 0.15) is 5.75 Å². The molecule has 4 heteroatoms. The molecule has 1 unspecified atom stereocenters. The molecule has 0 aromatic heterocycles. The van der Waals surface area contributed by atoms with Crippen LogP contribution in [0.4, 0.5) is 0 Å². The molecule has 4 N–H and O–H groups in total. The number of rotatable bonds is 6. The number of amides is 1. The van der Waals surface area contributed by atoms with Crippen molar-refractivity contribution in [3.05, 3.63) is 29.8 Å². The van der Waals surface area contributed by atoms with Crippen LogP contribution in [-0.4, -0.2) is 18.1 Å². The Kier molecular flexibility index (Phi) is 4.73. The zero-order valence-corrected chi connectivity index (χ0v) is 11.3. The Balaban J connectivity index is 2.54. The number of ether oxygens (including phenoxy) is 1. The minimum atomic E-state index is -1.02. The second-order valence-electron chi connectivity index (χ2n) is 5.11. The molecule has 1 rings (SSSR count). The molecule has 0 heterocycles. The molecular formula is C14H22N2O2. The van der Waals surface area contributed by atoms with E-state index in [-0.39, 0.29) is 0 Å². The molecule has 0 spiro atoms. The van der Waals surface area contributed by atoms with Gasteiger partial charge in [0.25, 0.3) is 0 Å². The molecule has 1 amide bonds. The van der Waals surface area contributed by atoms with Crippen molar-refractivity contribution in [3.63, 3.8) is 0 Å². The van der Waals surface area contributed by atoms with Gasteiger partial charge >= 0.3 is 0 Å². The van der Waals surface area contributed by atoms with Crippen molar-refractivity contribution in [1.82, 2.24) is 0 Å². The summed E-state index contributed by atoms with van der Waals surface area (Å²) in [6, 6.07) is 7.92. The van der Waals surface area contributed by atoms with Crippen LogP contribution in [0.5, 0.6) is 5.75 Å². The lowest BCUT2D eigenvalue weighted by Crippen LogP contribution is -2.50. The zero-order chi connectivity index (χ0) is 13.8. The minimum absolute atomic E-state index is 0.373. The molecule has 4 nitrogen and oxygen atoms in total. The molecule has 0 aliphatic carbocycles. The van der Waals surface area contributed by atoms with Crippen molar-refractivity contribution >= 4 is 5.91 Å². The average molecular weight is 250 g/mol. The Hall–Kier alpha value is -1.55. The van der Waals surface area contributed by atoms with Gasteiger partial charge in [0, 0.05) is 6.42 Å². The van der Waals surface area contributed by atoms with Crippen LogP contribution in [0.3, 0.4) is 0 Å². The molecule has 18 heavy (non-hydrogen) atoms. The molecule has 1 atom stereocenters. The van der Waals surface area contributed by atoms with Crippen molar-refractivity contribution in [2.75, 3.05) is 6.61 Å². The summed E-state index contributed by atoms with van der Waals surface area (Å²) in [6.45, 7) is 6.24. The van der Waals surface area contributed by atoms with Crippen LogP contribution in [0, 0.1) is 0 Å². The normalized spacial score (nSPS) is 14.3. The van der Waals surface area contributed by atoms with E-state index < -0.39 is 11.4 Å². The predicted octanol–water partition coefficient (Wildman–Crippen LogP) is 1.78. The Morgan fingerprint density at radius 3 is 2.67 bits per heavy atom. The summed E-state index contributed by atoms with van der Waals surface area (Å²) in [5, 5.41) is 0. The quantitative estimate of drug-likeness (QED) is 0.807. The lowest BCUT2D eigenvalue weighted by atomic mass is 9.99.